The van der Waals surface area contributed by atoms with Crippen LogP contribution in [0.25, 0.3) is 0 Å². The lowest BCUT2D eigenvalue weighted by Gasteiger charge is -2.37. The summed E-state index contributed by atoms with van der Waals surface area (Å²) in [6, 6.07) is 0. The molecule has 1 fully saturated rings. The van der Waals surface area contributed by atoms with Crippen molar-refractivity contribution in [2.75, 3.05) is 0 Å². The van der Waals surface area contributed by atoms with Crippen LogP contribution < -0.4 is 5.69 Å². The first-order valence-corrected chi connectivity index (χ1v) is 7.61. The Labute approximate surface area is 125 Å². The number of aryl methyl sites for hydroxylation is 1. The predicted octanol–water partition coefficient (Wildman–Crippen LogP) is 2.73. The molecule has 5 nitrogen and oxygen atoms in total. The van der Waals surface area contributed by atoms with Gasteiger partial charge in [-0.1, -0.05) is 19.3 Å². The standard InChI is InChI=1S/C16H24N2O3/c1-10(14(19)20)13-11(2)17-15(21)18(12(13)3)16(4)8-6-5-7-9-16/h10H,5-9H2,1-4H3,(H,19,20). The number of hydrogen-bond donors (Lipinski definition) is 1. The van der Waals surface area contributed by atoms with Gasteiger partial charge in [0, 0.05) is 22.5 Å². The summed E-state index contributed by atoms with van der Waals surface area (Å²) in [5.41, 5.74) is 1.46. The van der Waals surface area contributed by atoms with Crippen LogP contribution in [-0.2, 0) is 10.3 Å². The minimum atomic E-state index is -0.887. The predicted molar refractivity (Wildman–Crippen MR) is 80.8 cm³/mol. The maximum absolute atomic E-state index is 12.4. The second kappa shape index (κ2) is 5.62. The third-order valence-electron chi connectivity index (χ3n) is 4.84. The Kier molecular flexibility index (Phi) is 4.21. The van der Waals surface area contributed by atoms with Crippen LogP contribution in [0, 0.1) is 13.8 Å². The minimum absolute atomic E-state index is 0.243. The Morgan fingerprint density at radius 3 is 2.38 bits per heavy atom. The van der Waals surface area contributed by atoms with Crippen LogP contribution in [0.2, 0.25) is 0 Å². The molecule has 1 unspecified atom stereocenters. The number of hydrogen-bond acceptors (Lipinski definition) is 3. The maximum Gasteiger partial charge on any atom is 0.348 e. The van der Waals surface area contributed by atoms with E-state index in [1.807, 2.05) is 6.92 Å². The topological polar surface area (TPSA) is 72.2 Å². The summed E-state index contributed by atoms with van der Waals surface area (Å²) in [4.78, 5) is 27.9. The first-order chi connectivity index (χ1) is 9.78. The van der Waals surface area contributed by atoms with Crippen molar-refractivity contribution in [2.24, 2.45) is 0 Å². The normalized spacial score (nSPS) is 19.2. The van der Waals surface area contributed by atoms with E-state index in [-0.39, 0.29) is 11.2 Å². The van der Waals surface area contributed by atoms with Crippen LogP contribution in [-0.4, -0.2) is 20.6 Å². The lowest BCUT2D eigenvalue weighted by molar-refractivity contribution is -0.138. The van der Waals surface area contributed by atoms with Crippen LogP contribution in [0.4, 0.5) is 0 Å². The molecule has 2 rings (SSSR count). The third-order valence-corrected chi connectivity index (χ3v) is 4.84. The molecule has 1 N–H and O–H groups in total. The van der Waals surface area contributed by atoms with Gasteiger partial charge in [-0.15, -0.1) is 0 Å². The number of carboxylic acids is 1. The summed E-state index contributed by atoms with van der Waals surface area (Å²) in [6.45, 7) is 7.31. The molecule has 1 aromatic rings. The largest absolute Gasteiger partial charge is 0.481 e. The van der Waals surface area contributed by atoms with E-state index in [4.69, 9.17) is 0 Å². The molecule has 0 aromatic carbocycles. The molecule has 1 aliphatic carbocycles. The quantitative estimate of drug-likeness (QED) is 0.929. The average molecular weight is 292 g/mol. The van der Waals surface area contributed by atoms with Crippen molar-refractivity contribution in [1.82, 2.24) is 9.55 Å². The Balaban J connectivity index is 2.64. The van der Waals surface area contributed by atoms with E-state index in [0.717, 1.165) is 31.4 Å². The molecular weight excluding hydrogens is 268 g/mol. The highest BCUT2D eigenvalue weighted by Gasteiger charge is 2.33. The molecule has 0 saturated heterocycles. The van der Waals surface area contributed by atoms with Crippen molar-refractivity contribution in [2.45, 2.75) is 71.3 Å². The first kappa shape index (κ1) is 15.7. The van der Waals surface area contributed by atoms with E-state index in [1.54, 1.807) is 18.4 Å². The van der Waals surface area contributed by atoms with E-state index in [1.165, 1.54) is 6.42 Å². The number of nitrogens with zero attached hydrogens (tertiary/aromatic N) is 2. The van der Waals surface area contributed by atoms with Crippen molar-refractivity contribution in [3.8, 4) is 0 Å². The Bertz CT molecular complexity index is 613. The molecule has 1 atom stereocenters. The summed E-state index contributed by atoms with van der Waals surface area (Å²) >= 11 is 0. The molecule has 0 amide bonds. The number of carbonyl (C=O) groups is 1. The fourth-order valence-corrected chi connectivity index (χ4v) is 3.70. The molecule has 1 saturated carbocycles. The van der Waals surface area contributed by atoms with Gasteiger partial charge in [-0.05, 0) is 40.5 Å². The van der Waals surface area contributed by atoms with Crippen LogP contribution in [0.1, 0.15) is 68.8 Å². The van der Waals surface area contributed by atoms with Gasteiger partial charge in [0.25, 0.3) is 0 Å². The fraction of sp³-hybridized carbons (Fsp3) is 0.688. The zero-order chi connectivity index (χ0) is 15.8. The molecule has 1 aromatic heterocycles. The van der Waals surface area contributed by atoms with E-state index < -0.39 is 11.9 Å². The summed E-state index contributed by atoms with van der Waals surface area (Å²) in [5, 5.41) is 9.30. The summed E-state index contributed by atoms with van der Waals surface area (Å²) < 4.78 is 1.74. The summed E-state index contributed by atoms with van der Waals surface area (Å²) in [6.07, 6.45) is 5.28. The number of carboxylic acid groups (broad SMARTS) is 1. The van der Waals surface area contributed by atoms with Crippen LogP contribution in [0.5, 0.6) is 0 Å². The molecular formula is C16H24N2O3. The molecule has 1 heterocycles. The molecule has 0 bridgehead atoms. The van der Waals surface area contributed by atoms with Gasteiger partial charge in [0.05, 0.1) is 5.92 Å². The minimum Gasteiger partial charge on any atom is -0.481 e. The highest BCUT2D eigenvalue weighted by Crippen LogP contribution is 2.35. The van der Waals surface area contributed by atoms with Gasteiger partial charge in [-0.3, -0.25) is 9.36 Å². The zero-order valence-electron chi connectivity index (χ0n) is 13.3. The molecule has 0 spiro atoms. The number of aliphatic carboxylic acids is 1. The number of aromatic nitrogens is 2. The van der Waals surface area contributed by atoms with Crippen LogP contribution in [0.3, 0.4) is 0 Å². The van der Waals surface area contributed by atoms with E-state index in [9.17, 15) is 14.7 Å². The van der Waals surface area contributed by atoms with Crippen LogP contribution >= 0.6 is 0 Å². The summed E-state index contributed by atoms with van der Waals surface area (Å²) in [5.74, 6) is -1.54. The van der Waals surface area contributed by atoms with Gasteiger partial charge in [0.1, 0.15) is 0 Å². The molecule has 5 heteroatoms. The second-order valence-electron chi connectivity index (χ2n) is 6.43. The molecule has 0 aliphatic heterocycles. The van der Waals surface area contributed by atoms with Gasteiger partial charge in [0.15, 0.2) is 0 Å². The second-order valence-corrected chi connectivity index (χ2v) is 6.43. The molecule has 0 radical (unpaired) electrons. The van der Waals surface area contributed by atoms with Crippen molar-refractivity contribution in [3.63, 3.8) is 0 Å². The van der Waals surface area contributed by atoms with Gasteiger partial charge >= 0.3 is 11.7 Å². The lowest BCUT2D eigenvalue weighted by Crippen LogP contribution is -2.43. The van der Waals surface area contributed by atoms with Crippen molar-refractivity contribution in [1.29, 1.82) is 0 Å². The van der Waals surface area contributed by atoms with Gasteiger partial charge < -0.3 is 5.11 Å². The maximum atomic E-state index is 12.4. The summed E-state index contributed by atoms with van der Waals surface area (Å²) in [7, 11) is 0. The van der Waals surface area contributed by atoms with Crippen molar-refractivity contribution >= 4 is 5.97 Å². The first-order valence-electron chi connectivity index (χ1n) is 7.61. The number of rotatable bonds is 3. The average Bonchev–Trinajstić information content (AvgIpc) is 2.38. The fourth-order valence-electron chi connectivity index (χ4n) is 3.70. The van der Waals surface area contributed by atoms with Crippen molar-refractivity contribution in [3.05, 3.63) is 27.4 Å². The Hall–Kier alpha value is -1.65. The molecule has 21 heavy (non-hydrogen) atoms. The molecule has 1 aliphatic rings. The lowest BCUT2D eigenvalue weighted by atomic mass is 9.82. The van der Waals surface area contributed by atoms with Gasteiger partial charge in [-0.25, -0.2) is 4.79 Å². The Morgan fingerprint density at radius 2 is 1.86 bits per heavy atom. The van der Waals surface area contributed by atoms with Gasteiger partial charge in [-0.2, -0.15) is 4.98 Å². The SMILES string of the molecule is Cc1nc(=O)n(C2(C)CCCCC2)c(C)c1C(C)C(=O)O. The highest BCUT2D eigenvalue weighted by molar-refractivity contribution is 5.76. The van der Waals surface area contributed by atoms with E-state index >= 15 is 0 Å². The monoisotopic (exact) mass is 292 g/mol. The van der Waals surface area contributed by atoms with Crippen LogP contribution in [0.15, 0.2) is 4.79 Å². The third kappa shape index (κ3) is 2.74. The van der Waals surface area contributed by atoms with Crippen molar-refractivity contribution < 1.29 is 9.90 Å². The smallest absolute Gasteiger partial charge is 0.348 e. The van der Waals surface area contributed by atoms with E-state index in [2.05, 4.69) is 11.9 Å². The van der Waals surface area contributed by atoms with E-state index in [0.29, 0.717) is 11.3 Å². The highest BCUT2D eigenvalue weighted by atomic mass is 16.4. The Morgan fingerprint density at radius 1 is 1.29 bits per heavy atom. The zero-order valence-corrected chi connectivity index (χ0v) is 13.3. The van der Waals surface area contributed by atoms with Gasteiger partial charge in [0.2, 0.25) is 0 Å². The molecule has 116 valence electrons.